The molecule has 0 aromatic heterocycles. The van der Waals surface area contributed by atoms with Gasteiger partial charge in [0.05, 0.1) is 19.8 Å². The van der Waals surface area contributed by atoms with Gasteiger partial charge >= 0.3 is 0 Å². The summed E-state index contributed by atoms with van der Waals surface area (Å²) >= 11 is 5.88. The molecule has 2 aromatic rings. The van der Waals surface area contributed by atoms with E-state index < -0.39 is 0 Å². The van der Waals surface area contributed by atoms with E-state index in [1.54, 1.807) is 0 Å². The van der Waals surface area contributed by atoms with Crippen LogP contribution >= 0.6 is 24.0 Å². The van der Waals surface area contributed by atoms with Crippen LogP contribution in [0, 0.1) is 0 Å². The van der Waals surface area contributed by atoms with E-state index in [0.717, 1.165) is 28.4 Å². The Morgan fingerprint density at radius 3 is 2.50 bits per heavy atom. The van der Waals surface area contributed by atoms with Gasteiger partial charge in [0, 0.05) is 23.7 Å². The minimum Gasteiger partial charge on any atom is -0.489 e. The predicted octanol–water partition coefficient (Wildman–Crippen LogP) is 3.44. The number of aliphatic hydroxyl groups excluding tert-OH is 1. The summed E-state index contributed by atoms with van der Waals surface area (Å²) in [5.41, 5.74) is 2.18. The number of aliphatic hydroxyl groups is 1. The molecule has 0 fully saturated rings. The van der Waals surface area contributed by atoms with Gasteiger partial charge in [0.15, 0.2) is 0 Å². The minimum atomic E-state index is 0. The van der Waals surface area contributed by atoms with Gasteiger partial charge in [0.1, 0.15) is 12.4 Å². The molecule has 132 valence electrons. The average Bonchev–Trinajstić information content (AvgIpc) is 2.58. The summed E-state index contributed by atoms with van der Waals surface area (Å²) in [6, 6.07) is 15.6. The van der Waals surface area contributed by atoms with Crippen LogP contribution in [0.25, 0.3) is 0 Å². The number of benzene rings is 2. The van der Waals surface area contributed by atoms with Crippen molar-refractivity contribution < 1.29 is 14.6 Å². The van der Waals surface area contributed by atoms with E-state index in [9.17, 15) is 0 Å². The lowest BCUT2D eigenvalue weighted by atomic mass is 10.2. The van der Waals surface area contributed by atoms with Gasteiger partial charge in [0.25, 0.3) is 0 Å². The van der Waals surface area contributed by atoms with Crippen molar-refractivity contribution in [3.8, 4) is 5.75 Å². The summed E-state index contributed by atoms with van der Waals surface area (Å²) in [5.74, 6) is 0.867. The number of halogens is 2. The molecule has 2 rings (SSSR count). The average molecular weight is 372 g/mol. The Bertz CT molecular complexity index is 579. The fourth-order valence-corrected chi connectivity index (χ4v) is 2.19. The van der Waals surface area contributed by atoms with E-state index in [1.165, 1.54) is 0 Å². The Kier molecular flexibility index (Phi) is 10.5. The molecule has 0 aliphatic rings. The molecule has 0 heterocycles. The molecular weight excluding hydrogens is 349 g/mol. The number of para-hydroxylation sites is 1. The maximum atomic E-state index is 8.64. The third-order valence-electron chi connectivity index (χ3n) is 3.25. The van der Waals surface area contributed by atoms with Crippen molar-refractivity contribution in [1.82, 2.24) is 5.32 Å². The zero-order valence-corrected chi connectivity index (χ0v) is 15.0. The zero-order chi connectivity index (χ0) is 16.3. The lowest BCUT2D eigenvalue weighted by Gasteiger charge is -2.12. The normalized spacial score (nSPS) is 10.2. The maximum Gasteiger partial charge on any atom is 0.124 e. The van der Waals surface area contributed by atoms with Crippen LogP contribution in [-0.2, 0) is 17.9 Å². The van der Waals surface area contributed by atoms with E-state index in [-0.39, 0.29) is 19.0 Å². The van der Waals surface area contributed by atoms with E-state index in [4.69, 9.17) is 26.2 Å². The Morgan fingerprint density at radius 1 is 1.00 bits per heavy atom. The van der Waals surface area contributed by atoms with Crippen LogP contribution in [0.5, 0.6) is 5.75 Å². The fraction of sp³-hybridized carbons (Fsp3) is 0.333. The Hall–Kier alpha value is -1.30. The largest absolute Gasteiger partial charge is 0.489 e. The van der Waals surface area contributed by atoms with Gasteiger partial charge in [-0.3, -0.25) is 0 Å². The molecule has 0 amide bonds. The molecule has 0 bridgehead atoms. The summed E-state index contributed by atoms with van der Waals surface area (Å²) in [6.07, 6.45) is 0. The van der Waals surface area contributed by atoms with Crippen molar-refractivity contribution in [2.75, 3.05) is 26.4 Å². The first-order chi connectivity index (χ1) is 11.3. The van der Waals surface area contributed by atoms with Crippen LogP contribution in [0.1, 0.15) is 11.1 Å². The number of nitrogens with one attached hydrogen (secondary N) is 1. The minimum absolute atomic E-state index is 0. The highest BCUT2D eigenvalue weighted by Gasteiger charge is 2.03. The van der Waals surface area contributed by atoms with Crippen molar-refractivity contribution >= 4 is 24.0 Å². The van der Waals surface area contributed by atoms with Gasteiger partial charge in [-0.1, -0.05) is 41.9 Å². The molecule has 0 unspecified atom stereocenters. The first-order valence-corrected chi connectivity index (χ1v) is 8.02. The van der Waals surface area contributed by atoms with E-state index in [2.05, 4.69) is 5.32 Å². The Labute approximate surface area is 154 Å². The highest BCUT2D eigenvalue weighted by atomic mass is 35.5. The third kappa shape index (κ3) is 7.51. The van der Waals surface area contributed by atoms with Gasteiger partial charge in [-0.25, -0.2) is 0 Å². The lowest BCUT2D eigenvalue weighted by molar-refractivity contribution is 0.0937. The first kappa shape index (κ1) is 20.7. The third-order valence-corrected chi connectivity index (χ3v) is 3.51. The van der Waals surface area contributed by atoms with Crippen molar-refractivity contribution in [3.05, 3.63) is 64.7 Å². The second-order valence-corrected chi connectivity index (χ2v) is 5.47. The molecule has 0 spiro atoms. The van der Waals surface area contributed by atoms with Gasteiger partial charge in [0.2, 0.25) is 0 Å². The summed E-state index contributed by atoms with van der Waals surface area (Å²) in [6.45, 7) is 2.96. The predicted molar refractivity (Wildman–Crippen MR) is 99.1 cm³/mol. The topological polar surface area (TPSA) is 50.7 Å². The van der Waals surface area contributed by atoms with Crippen molar-refractivity contribution in [2.45, 2.75) is 13.2 Å². The number of hydrogen-bond acceptors (Lipinski definition) is 4. The summed E-state index contributed by atoms with van der Waals surface area (Å²) in [4.78, 5) is 0. The summed E-state index contributed by atoms with van der Waals surface area (Å²) < 4.78 is 11.1. The summed E-state index contributed by atoms with van der Waals surface area (Å²) in [5, 5.41) is 12.7. The van der Waals surface area contributed by atoms with Gasteiger partial charge < -0.3 is 19.9 Å². The van der Waals surface area contributed by atoms with Crippen molar-refractivity contribution in [3.63, 3.8) is 0 Å². The second-order valence-electron chi connectivity index (χ2n) is 5.04. The molecule has 6 heteroatoms. The molecule has 24 heavy (non-hydrogen) atoms. The quantitative estimate of drug-likeness (QED) is 0.628. The number of hydrogen-bond donors (Lipinski definition) is 2. The van der Waals surface area contributed by atoms with Crippen LogP contribution in [0.4, 0.5) is 0 Å². The highest BCUT2D eigenvalue weighted by molar-refractivity contribution is 6.30. The molecule has 4 nitrogen and oxygen atoms in total. The van der Waals surface area contributed by atoms with Gasteiger partial charge in [-0.15, -0.1) is 12.4 Å². The highest BCUT2D eigenvalue weighted by Crippen LogP contribution is 2.19. The van der Waals surface area contributed by atoms with Gasteiger partial charge in [-0.05, 0) is 23.8 Å². The van der Waals surface area contributed by atoms with Gasteiger partial charge in [-0.2, -0.15) is 0 Å². The Morgan fingerprint density at radius 2 is 1.75 bits per heavy atom. The monoisotopic (exact) mass is 371 g/mol. The van der Waals surface area contributed by atoms with Crippen molar-refractivity contribution in [2.24, 2.45) is 0 Å². The summed E-state index contributed by atoms with van der Waals surface area (Å²) in [7, 11) is 0. The maximum absolute atomic E-state index is 8.64. The molecule has 0 saturated carbocycles. The molecule has 2 aromatic carbocycles. The molecule has 2 N–H and O–H groups in total. The first-order valence-electron chi connectivity index (χ1n) is 7.64. The molecule has 0 aliphatic carbocycles. The van der Waals surface area contributed by atoms with Crippen molar-refractivity contribution in [1.29, 1.82) is 0 Å². The smallest absolute Gasteiger partial charge is 0.124 e. The lowest BCUT2D eigenvalue weighted by Crippen LogP contribution is -2.20. The van der Waals surface area contributed by atoms with E-state index in [0.29, 0.717) is 26.4 Å². The Balaban J connectivity index is 0.00000288. The molecular formula is C18H23Cl2NO3. The van der Waals surface area contributed by atoms with Crippen LogP contribution < -0.4 is 10.1 Å². The molecule has 0 saturated heterocycles. The van der Waals surface area contributed by atoms with E-state index in [1.807, 2.05) is 48.5 Å². The van der Waals surface area contributed by atoms with Crippen LogP contribution in [0.15, 0.2) is 48.5 Å². The SMILES string of the molecule is Cl.OCCOCCNCc1ccccc1OCc1ccc(Cl)cc1. The second kappa shape index (κ2) is 12.1. The van der Waals surface area contributed by atoms with Crippen LogP contribution in [0.2, 0.25) is 5.02 Å². The number of ether oxygens (including phenoxy) is 2. The van der Waals surface area contributed by atoms with E-state index >= 15 is 0 Å². The molecule has 0 atom stereocenters. The fourth-order valence-electron chi connectivity index (χ4n) is 2.07. The standard InChI is InChI=1S/C18H22ClNO3.ClH/c19-17-7-5-15(6-8-17)14-23-18-4-2-1-3-16(18)13-20-9-11-22-12-10-21;/h1-8,20-21H,9-14H2;1H. The number of rotatable bonds is 10. The van der Waals surface area contributed by atoms with Crippen LogP contribution in [0.3, 0.4) is 0 Å². The molecule has 0 radical (unpaired) electrons. The van der Waals surface area contributed by atoms with Crippen LogP contribution in [-0.4, -0.2) is 31.5 Å². The molecule has 0 aliphatic heterocycles. The zero-order valence-electron chi connectivity index (χ0n) is 13.4.